The van der Waals surface area contributed by atoms with Crippen LogP contribution in [0.25, 0.3) is 0 Å². The molecule has 0 amide bonds. The number of aliphatic imine (C=N–C) groups is 1. The van der Waals surface area contributed by atoms with Crippen molar-refractivity contribution < 1.29 is 4.74 Å². The minimum atomic E-state index is 0.738. The summed E-state index contributed by atoms with van der Waals surface area (Å²) in [5.41, 5.74) is 2.60. The summed E-state index contributed by atoms with van der Waals surface area (Å²) in [5.74, 6) is 1.71. The van der Waals surface area contributed by atoms with Gasteiger partial charge in [0, 0.05) is 59.4 Å². The molecule has 6 nitrogen and oxygen atoms in total. The molecule has 1 aliphatic rings. The number of ether oxygens (including phenoxy) is 1. The number of guanidine groups is 1. The molecule has 0 bridgehead atoms. The number of rotatable bonds is 8. The van der Waals surface area contributed by atoms with E-state index in [9.17, 15) is 0 Å². The molecule has 2 aromatic rings. The van der Waals surface area contributed by atoms with E-state index in [2.05, 4.69) is 67.9 Å². The van der Waals surface area contributed by atoms with E-state index in [1.54, 1.807) is 7.11 Å². The molecule has 0 saturated carbocycles. The molecule has 1 aliphatic heterocycles. The molecule has 0 unspecified atom stereocenters. The third-order valence-electron chi connectivity index (χ3n) is 5.28. The molecule has 0 atom stereocenters. The summed E-state index contributed by atoms with van der Waals surface area (Å²) in [6.07, 6.45) is 0. The van der Waals surface area contributed by atoms with E-state index >= 15 is 0 Å². The zero-order chi connectivity index (χ0) is 20.3. The largest absolute Gasteiger partial charge is 0.497 e. The van der Waals surface area contributed by atoms with Crippen molar-refractivity contribution in [3.8, 4) is 5.75 Å². The predicted octanol–water partition coefficient (Wildman–Crippen LogP) is 2.18. The smallest absolute Gasteiger partial charge is 0.191 e. The number of benzene rings is 2. The summed E-state index contributed by atoms with van der Waals surface area (Å²) >= 11 is 0. The molecule has 2 aromatic carbocycles. The second kappa shape index (κ2) is 11.4. The Morgan fingerprint density at radius 2 is 1.59 bits per heavy atom. The first-order valence-electron chi connectivity index (χ1n) is 10.3. The molecule has 0 aromatic heterocycles. The number of methoxy groups -OCH3 is 1. The molecule has 1 fully saturated rings. The molecule has 1 saturated heterocycles. The Kier molecular flexibility index (Phi) is 8.34. The second-order valence-electron chi connectivity index (χ2n) is 7.30. The average Bonchev–Trinajstić information content (AvgIpc) is 2.78. The zero-order valence-corrected chi connectivity index (χ0v) is 17.6. The van der Waals surface area contributed by atoms with Gasteiger partial charge in [-0.15, -0.1) is 0 Å². The predicted molar refractivity (Wildman–Crippen MR) is 119 cm³/mol. The van der Waals surface area contributed by atoms with Gasteiger partial charge in [-0.1, -0.05) is 42.5 Å². The summed E-state index contributed by atoms with van der Waals surface area (Å²) in [5, 5.41) is 6.79. The lowest BCUT2D eigenvalue weighted by Crippen LogP contribution is -2.48. The van der Waals surface area contributed by atoms with Crippen LogP contribution in [0.4, 0.5) is 0 Å². The number of hydrogen-bond donors (Lipinski definition) is 2. The lowest BCUT2D eigenvalue weighted by Gasteiger charge is -2.34. The zero-order valence-electron chi connectivity index (χ0n) is 17.6. The molecule has 0 radical (unpaired) electrons. The highest BCUT2D eigenvalue weighted by Gasteiger charge is 2.16. The van der Waals surface area contributed by atoms with Gasteiger partial charge in [0.15, 0.2) is 5.96 Å². The van der Waals surface area contributed by atoms with Crippen LogP contribution in [-0.2, 0) is 13.1 Å². The minimum absolute atomic E-state index is 0.738. The molecule has 2 N–H and O–H groups in total. The minimum Gasteiger partial charge on any atom is -0.497 e. The molecule has 29 heavy (non-hydrogen) atoms. The number of nitrogens with zero attached hydrogens (tertiary/aromatic N) is 3. The fourth-order valence-electron chi connectivity index (χ4n) is 3.49. The van der Waals surface area contributed by atoms with Crippen LogP contribution in [0.3, 0.4) is 0 Å². The van der Waals surface area contributed by atoms with Gasteiger partial charge in [0.2, 0.25) is 0 Å². The topological polar surface area (TPSA) is 52.1 Å². The lowest BCUT2D eigenvalue weighted by atomic mass is 10.2. The van der Waals surface area contributed by atoms with E-state index in [-0.39, 0.29) is 0 Å². The summed E-state index contributed by atoms with van der Waals surface area (Å²) < 4.78 is 5.20. The highest BCUT2D eigenvalue weighted by atomic mass is 16.5. The average molecular weight is 396 g/mol. The van der Waals surface area contributed by atoms with Crippen molar-refractivity contribution in [2.45, 2.75) is 13.1 Å². The van der Waals surface area contributed by atoms with Gasteiger partial charge in [-0.05, 0) is 23.3 Å². The van der Waals surface area contributed by atoms with Crippen molar-refractivity contribution in [2.75, 3.05) is 53.4 Å². The standard InChI is InChI=1S/C23H33N5O/c1-24-23(26-18-20-8-10-22(29-2)11-9-20)25-12-13-27-14-16-28(17-15-27)19-21-6-4-3-5-7-21/h3-11H,12-19H2,1-2H3,(H2,24,25,26). The first-order chi connectivity index (χ1) is 14.3. The Balaban J connectivity index is 1.31. The molecule has 0 aliphatic carbocycles. The molecule has 0 spiro atoms. The normalized spacial score (nSPS) is 15.9. The van der Waals surface area contributed by atoms with Gasteiger partial charge in [-0.3, -0.25) is 14.8 Å². The van der Waals surface area contributed by atoms with Gasteiger partial charge in [0.05, 0.1) is 7.11 Å². The van der Waals surface area contributed by atoms with E-state index in [4.69, 9.17) is 4.74 Å². The molecular formula is C23H33N5O. The summed E-state index contributed by atoms with van der Waals surface area (Å²) in [6, 6.07) is 18.8. The van der Waals surface area contributed by atoms with Crippen molar-refractivity contribution in [1.29, 1.82) is 0 Å². The fraction of sp³-hybridized carbons (Fsp3) is 0.435. The van der Waals surface area contributed by atoms with E-state index in [0.717, 1.165) is 64.1 Å². The van der Waals surface area contributed by atoms with Gasteiger partial charge in [0.1, 0.15) is 5.75 Å². The van der Waals surface area contributed by atoms with Gasteiger partial charge in [-0.2, -0.15) is 0 Å². The van der Waals surface area contributed by atoms with Crippen LogP contribution in [0.5, 0.6) is 5.75 Å². The highest BCUT2D eigenvalue weighted by Crippen LogP contribution is 2.11. The molecule has 156 valence electrons. The van der Waals surface area contributed by atoms with Crippen LogP contribution >= 0.6 is 0 Å². The van der Waals surface area contributed by atoms with Crippen molar-refractivity contribution in [3.63, 3.8) is 0 Å². The first-order valence-corrected chi connectivity index (χ1v) is 10.3. The maximum absolute atomic E-state index is 5.20. The fourth-order valence-corrected chi connectivity index (χ4v) is 3.49. The van der Waals surface area contributed by atoms with E-state index < -0.39 is 0 Å². The van der Waals surface area contributed by atoms with Crippen molar-refractivity contribution in [3.05, 3.63) is 65.7 Å². The number of hydrogen-bond acceptors (Lipinski definition) is 4. The van der Waals surface area contributed by atoms with Crippen molar-refractivity contribution in [2.24, 2.45) is 4.99 Å². The SMILES string of the molecule is CN=C(NCCN1CCN(Cc2ccccc2)CC1)NCc1ccc(OC)cc1. The van der Waals surface area contributed by atoms with Gasteiger partial charge in [0.25, 0.3) is 0 Å². The highest BCUT2D eigenvalue weighted by molar-refractivity contribution is 5.79. The first kappa shape index (κ1) is 21.1. The maximum Gasteiger partial charge on any atom is 0.191 e. The van der Waals surface area contributed by atoms with Crippen molar-refractivity contribution in [1.82, 2.24) is 20.4 Å². The Morgan fingerprint density at radius 1 is 0.897 bits per heavy atom. The number of piperazine rings is 1. The quantitative estimate of drug-likeness (QED) is 0.530. The molecule has 6 heteroatoms. The molecular weight excluding hydrogens is 362 g/mol. The monoisotopic (exact) mass is 395 g/mol. The molecule has 1 heterocycles. The van der Waals surface area contributed by atoms with Crippen LogP contribution in [0, 0.1) is 0 Å². The molecule has 3 rings (SSSR count). The van der Waals surface area contributed by atoms with Gasteiger partial charge < -0.3 is 15.4 Å². The van der Waals surface area contributed by atoms with Gasteiger partial charge >= 0.3 is 0 Å². The van der Waals surface area contributed by atoms with E-state index in [1.807, 2.05) is 19.2 Å². The van der Waals surface area contributed by atoms with Gasteiger partial charge in [-0.25, -0.2) is 0 Å². The summed E-state index contributed by atoms with van der Waals surface area (Å²) in [6.45, 7) is 8.19. The lowest BCUT2D eigenvalue weighted by molar-refractivity contribution is 0.129. The summed E-state index contributed by atoms with van der Waals surface area (Å²) in [7, 11) is 3.49. The third-order valence-corrected chi connectivity index (χ3v) is 5.28. The second-order valence-corrected chi connectivity index (χ2v) is 7.30. The van der Waals surface area contributed by atoms with Crippen LogP contribution in [-0.4, -0.2) is 69.2 Å². The van der Waals surface area contributed by atoms with E-state index in [0.29, 0.717) is 0 Å². The van der Waals surface area contributed by atoms with E-state index in [1.165, 1.54) is 11.1 Å². The van der Waals surface area contributed by atoms with Crippen molar-refractivity contribution >= 4 is 5.96 Å². The van der Waals surface area contributed by atoms with Crippen LogP contribution in [0.1, 0.15) is 11.1 Å². The Hall–Kier alpha value is -2.57. The van der Waals surface area contributed by atoms with Crippen LogP contribution in [0.15, 0.2) is 59.6 Å². The summed E-state index contributed by atoms with van der Waals surface area (Å²) in [4.78, 5) is 9.38. The van der Waals surface area contributed by atoms with Crippen LogP contribution in [0.2, 0.25) is 0 Å². The Bertz CT molecular complexity index is 740. The van der Waals surface area contributed by atoms with Crippen LogP contribution < -0.4 is 15.4 Å². The Labute approximate surface area is 174 Å². The Morgan fingerprint density at radius 3 is 2.24 bits per heavy atom. The maximum atomic E-state index is 5.20. The third kappa shape index (κ3) is 7.07. The number of nitrogens with one attached hydrogen (secondary N) is 2.